The number of benzene rings is 4. The van der Waals surface area contributed by atoms with Crippen LogP contribution in [0.2, 0.25) is 10.0 Å². The Morgan fingerprint density at radius 3 is 1.66 bits per heavy atom. The quantitative estimate of drug-likeness (QED) is 0.0651. The summed E-state index contributed by atoms with van der Waals surface area (Å²) in [6, 6.07) is 24.5. The number of aromatic nitrogens is 2. The third-order valence-corrected chi connectivity index (χ3v) is 11.0. The van der Waals surface area contributed by atoms with Gasteiger partial charge in [-0.15, -0.1) is 0 Å². The molecule has 64 heavy (non-hydrogen) atoms. The first-order valence-electron chi connectivity index (χ1n) is 19.9. The molecule has 0 bridgehead atoms. The van der Waals surface area contributed by atoms with Crippen LogP contribution in [0.1, 0.15) is 74.3 Å². The molecule has 0 saturated heterocycles. The zero-order valence-corrected chi connectivity index (χ0v) is 36.8. The summed E-state index contributed by atoms with van der Waals surface area (Å²) in [4.78, 5) is 32.5. The topological polar surface area (TPSA) is 197 Å². The Morgan fingerprint density at radius 1 is 0.688 bits per heavy atom. The van der Waals surface area contributed by atoms with Crippen LogP contribution in [0.3, 0.4) is 0 Å². The lowest BCUT2D eigenvalue weighted by atomic mass is 9.92. The summed E-state index contributed by atoms with van der Waals surface area (Å²) < 4.78 is 24.8. The number of ketones is 1. The summed E-state index contributed by atoms with van der Waals surface area (Å²) in [6.07, 6.45) is 4.90. The highest BCUT2D eigenvalue weighted by molar-refractivity contribution is 6.32. The molecule has 1 unspecified atom stereocenters. The molecule has 6 rings (SSSR count). The fourth-order valence-electron chi connectivity index (χ4n) is 6.83. The van der Waals surface area contributed by atoms with Gasteiger partial charge >= 0.3 is 5.97 Å². The molecule has 2 heterocycles. The highest BCUT2D eigenvalue weighted by Gasteiger charge is 2.24. The van der Waals surface area contributed by atoms with Crippen LogP contribution in [0.25, 0.3) is 11.1 Å². The Balaban J connectivity index is 1.20. The summed E-state index contributed by atoms with van der Waals surface area (Å²) in [7, 11) is 0. The Labute approximate surface area is 380 Å². The maximum atomic E-state index is 12.5. The van der Waals surface area contributed by atoms with Gasteiger partial charge in [0.05, 0.1) is 32.8 Å². The van der Waals surface area contributed by atoms with E-state index in [9.17, 15) is 30.3 Å². The van der Waals surface area contributed by atoms with E-state index in [2.05, 4.69) is 27.4 Å². The van der Waals surface area contributed by atoms with E-state index in [0.29, 0.717) is 50.6 Å². The van der Waals surface area contributed by atoms with Crippen LogP contribution in [0.5, 0.6) is 23.0 Å². The molecule has 0 amide bonds. The van der Waals surface area contributed by atoms with Gasteiger partial charge in [0.25, 0.3) is 0 Å². The summed E-state index contributed by atoms with van der Waals surface area (Å²) in [5, 5.41) is 41.6. The van der Waals surface area contributed by atoms with Crippen molar-refractivity contribution >= 4 is 35.0 Å². The lowest BCUT2D eigenvalue weighted by molar-refractivity contribution is -0.142. The van der Waals surface area contributed by atoms with Gasteiger partial charge in [0.15, 0.2) is 5.78 Å². The second-order valence-electron chi connectivity index (χ2n) is 14.9. The van der Waals surface area contributed by atoms with E-state index < -0.39 is 18.1 Å². The third-order valence-electron chi connectivity index (χ3n) is 10.4. The van der Waals surface area contributed by atoms with Crippen molar-refractivity contribution in [2.45, 2.75) is 72.8 Å². The predicted molar refractivity (Wildman–Crippen MR) is 239 cm³/mol. The molecule has 3 N–H and O–H groups in total. The van der Waals surface area contributed by atoms with Gasteiger partial charge in [-0.3, -0.25) is 24.9 Å². The van der Waals surface area contributed by atoms with Crippen molar-refractivity contribution in [1.29, 1.82) is 10.5 Å². The number of ether oxygens (including phenoxy) is 4. The number of carboxylic acid groups (broad SMARTS) is 1. The largest absolute Gasteiger partial charge is 0.488 e. The SMILES string of the molecule is CC(=O)c1cc(Cl)c(OCc2cccc(-c3cccc(COc4cc(OCc5cncc(C#N)c5)c(CN[C@H](C(=O)O)C(C)O)cc4Cl)c3C)c2C)cc1OCc1cncc(C#N)c1. The molecule has 0 aliphatic heterocycles. The van der Waals surface area contributed by atoms with Crippen LogP contribution >= 0.6 is 23.2 Å². The van der Waals surface area contributed by atoms with Gasteiger partial charge in [-0.25, -0.2) is 0 Å². The van der Waals surface area contributed by atoms with E-state index in [1.54, 1.807) is 42.7 Å². The minimum absolute atomic E-state index is 0.00537. The van der Waals surface area contributed by atoms with Crippen LogP contribution in [0.15, 0.2) is 97.6 Å². The molecular formula is C49H43Cl2N5O8. The number of hydrogen-bond acceptors (Lipinski definition) is 12. The van der Waals surface area contributed by atoms with Crippen LogP contribution < -0.4 is 24.3 Å². The maximum Gasteiger partial charge on any atom is 0.323 e. The van der Waals surface area contributed by atoms with E-state index >= 15 is 0 Å². The summed E-state index contributed by atoms with van der Waals surface area (Å²) in [6.45, 7) is 7.27. The minimum atomic E-state index is -1.24. The number of nitrogens with one attached hydrogen (secondary N) is 1. The summed E-state index contributed by atoms with van der Waals surface area (Å²) in [5.41, 5.74) is 8.58. The van der Waals surface area contributed by atoms with Gasteiger partial charge in [0.1, 0.15) is 67.6 Å². The maximum absolute atomic E-state index is 12.5. The molecule has 0 aliphatic carbocycles. The minimum Gasteiger partial charge on any atom is -0.488 e. The smallest absolute Gasteiger partial charge is 0.323 e. The number of pyridine rings is 2. The van der Waals surface area contributed by atoms with Crippen LogP contribution in [0, 0.1) is 36.5 Å². The number of Topliss-reactive ketones (excluding diaryl/α,β-unsaturated/α-hetero) is 1. The first kappa shape index (κ1) is 46.5. The second kappa shape index (κ2) is 21.4. The highest BCUT2D eigenvalue weighted by Crippen LogP contribution is 2.37. The number of hydrogen-bond donors (Lipinski definition) is 3. The molecule has 326 valence electrons. The molecule has 15 heteroatoms. The molecular weight excluding hydrogens is 857 g/mol. The normalized spacial score (nSPS) is 11.8. The predicted octanol–water partition coefficient (Wildman–Crippen LogP) is 9.25. The van der Waals surface area contributed by atoms with Gasteiger partial charge in [-0.05, 0) is 85.3 Å². The first-order chi connectivity index (χ1) is 30.8. The van der Waals surface area contributed by atoms with Crippen LogP contribution in [-0.4, -0.2) is 44.1 Å². The standard InChI is InChI=1S/C49H43Cl2N5O8/c1-28-36(26-63-46-15-44(61-24-34-11-32(17-52)19-54-21-34)38(13-42(46)50)23-56-48(31(4)58)49(59)60)7-5-9-39(28)40-10-6-8-37(29(40)2)27-64-47-16-45(41(30(3)57)14-43(47)51)62-25-35-12-33(18-53)20-55-22-35/h5-16,19-22,31,48,56,58H,23-27H2,1-4H3,(H,59,60)/t31?,48-/m0/s1. The summed E-state index contributed by atoms with van der Waals surface area (Å²) >= 11 is 13.4. The Kier molecular flexibility index (Phi) is 15.5. The molecule has 0 aliphatic rings. The lowest BCUT2D eigenvalue weighted by Gasteiger charge is -2.20. The number of rotatable bonds is 19. The van der Waals surface area contributed by atoms with Crippen molar-refractivity contribution in [3.63, 3.8) is 0 Å². The van der Waals surface area contributed by atoms with Crippen LogP contribution in [0.4, 0.5) is 0 Å². The van der Waals surface area contributed by atoms with E-state index in [1.165, 1.54) is 32.3 Å². The summed E-state index contributed by atoms with van der Waals surface area (Å²) in [5.74, 6) is -0.159. The third kappa shape index (κ3) is 11.5. The van der Waals surface area contributed by atoms with Crippen molar-refractivity contribution in [2.24, 2.45) is 0 Å². The molecule has 0 spiro atoms. The number of carbonyl (C=O) groups excluding carboxylic acids is 1. The zero-order chi connectivity index (χ0) is 45.9. The van der Waals surface area contributed by atoms with Crippen molar-refractivity contribution in [2.75, 3.05) is 0 Å². The van der Waals surface area contributed by atoms with E-state index in [-0.39, 0.29) is 54.6 Å². The lowest BCUT2D eigenvalue weighted by Crippen LogP contribution is -2.44. The van der Waals surface area contributed by atoms with E-state index in [4.69, 9.17) is 42.1 Å². The van der Waals surface area contributed by atoms with Crippen molar-refractivity contribution in [1.82, 2.24) is 15.3 Å². The number of aliphatic carboxylic acids is 1. The number of carboxylic acids is 1. The highest BCUT2D eigenvalue weighted by atomic mass is 35.5. The number of carbonyl (C=O) groups is 2. The fraction of sp³-hybridized carbons (Fsp3) is 0.224. The van der Waals surface area contributed by atoms with Gasteiger partial charge in [-0.2, -0.15) is 10.5 Å². The molecule has 0 fully saturated rings. The second-order valence-corrected chi connectivity index (χ2v) is 15.7. The number of aliphatic hydroxyl groups is 1. The average Bonchev–Trinajstić information content (AvgIpc) is 3.28. The first-order valence-corrected chi connectivity index (χ1v) is 20.7. The number of nitrogens with zero attached hydrogens (tertiary/aromatic N) is 4. The average molecular weight is 901 g/mol. The molecule has 2 aromatic heterocycles. The van der Waals surface area contributed by atoms with Gasteiger partial charge in [0, 0.05) is 60.2 Å². The van der Waals surface area contributed by atoms with Crippen molar-refractivity contribution in [3.05, 3.63) is 163 Å². The zero-order valence-electron chi connectivity index (χ0n) is 35.3. The van der Waals surface area contributed by atoms with E-state index in [0.717, 1.165) is 33.4 Å². The van der Waals surface area contributed by atoms with Gasteiger partial charge in [-0.1, -0.05) is 59.6 Å². The van der Waals surface area contributed by atoms with E-state index in [1.807, 2.05) is 50.2 Å². The molecule has 6 aromatic rings. The number of aliphatic hydroxyl groups excluding tert-OH is 1. The van der Waals surface area contributed by atoms with Crippen molar-refractivity contribution in [3.8, 4) is 46.3 Å². The molecule has 13 nitrogen and oxygen atoms in total. The molecule has 0 radical (unpaired) electrons. The van der Waals surface area contributed by atoms with Crippen LogP contribution in [-0.2, 0) is 37.8 Å². The Hall–Kier alpha value is -7.00. The van der Waals surface area contributed by atoms with Gasteiger partial charge in [0.2, 0.25) is 0 Å². The fourth-order valence-corrected chi connectivity index (χ4v) is 7.29. The number of halogens is 2. The van der Waals surface area contributed by atoms with Crippen molar-refractivity contribution < 1.29 is 38.7 Å². The molecule has 4 aromatic carbocycles. The molecule has 0 saturated carbocycles. The Morgan fingerprint density at radius 2 is 1.17 bits per heavy atom. The Bertz CT molecular complexity index is 2780. The number of nitriles is 2. The monoisotopic (exact) mass is 899 g/mol. The molecule has 2 atom stereocenters. The van der Waals surface area contributed by atoms with Gasteiger partial charge < -0.3 is 29.2 Å².